The van der Waals surface area contributed by atoms with Crippen LogP contribution in [0.2, 0.25) is 5.02 Å². The van der Waals surface area contributed by atoms with Crippen LogP contribution in [-0.2, 0) is 4.79 Å². The Hall–Kier alpha value is -2.46. The van der Waals surface area contributed by atoms with Crippen LogP contribution < -0.4 is 14.8 Å². The Bertz CT molecular complexity index is 739. The van der Waals surface area contributed by atoms with Gasteiger partial charge in [0.15, 0.2) is 0 Å². The highest BCUT2D eigenvalue weighted by Gasteiger charge is 2.08. The summed E-state index contributed by atoms with van der Waals surface area (Å²) in [4.78, 5) is 12.1. The van der Waals surface area contributed by atoms with Crippen LogP contribution in [0.5, 0.6) is 11.5 Å². The van der Waals surface area contributed by atoms with Crippen molar-refractivity contribution in [3.8, 4) is 11.5 Å². The van der Waals surface area contributed by atoms with Gasteiger partial charge in [0, 0.05) is 17.2 Å². The molecule has 0 aliphatic carbocycles. The van der Waals surface area contributed by atoms with Crippen LogP contribution >= 0.6 is 11.6 Å². The molecule has 0 fully saturated rings. The van der Waals surface area contributed by atoms with E-state index in [2.05, 4.69) is 5.32 Å². The minimum Gasteiger partial charge on any atom is -0.495 e. The van der Waals surface area contributed by atoms with Gasteiger partial charge in [0.05, 0.1) is 19.4 Å². The quantitative estimate of drug-likeness (QED) is 0.771. The van der Waals surface area contributed by atoms with E-state index in [0.29, 0.717) is 23.1 Å². The molecule has 0 saturated heterocycles. The molecule has 0 heterocycles. The van der Waals surface area contributed by atoms with Crippen molar-refractivity contribution in [2.24, 2.45) is 0 Å². The third-order valence-electron chi connectivity index (χ3n) is 3.36. The van der Waals surface area contributed by atoms with Crippen LogP contribution in [-0.4, -0.2) is 19.6 Å². The summed E-state index contributed by atoms with van der Waals surface area (Å²) in [5.74, 6) is 1.08. The number of methoxy groups -OCH3 is 1. The van der Waals surface area contributed by atoms with Crippen molar-refractivity contribution < 1.29 is 14.3 Å². The summed E-state index contributed by atoms with van der Waals surface area (Å²) in [5.41, 5.74) is 2.36. The normalized spacial score (nSPS) is 10.7. The summed E-state index contributed by atoms with van der Waals surface area (Å²) in [5, 5.41) is 3.39. The molecule has 0 spiro atoms. The number of aryl methyl sites for hydroxylation is 1. The third kappa shape index (κ3) is 4.77. The number of nitrogens with one attached hydrogen (secondary N) is 1. The Labute approximate surface area is 147 Å². The smallest absolute Gasteiger partial charge is 0.248 e. The molecule has 24 heavy (non-hydrogen) atoms. The van der Waals surface area contributed by atoms with E-state index < -0.39 is 0 Å². The molecule has 0 atom stereocenters. The molecule has 2 rings (SSSR count). The number of hydrogen-bond acceptors (Lipinski definition) is 3. The van der Waals surface area contributed by atoms with Crippen LogP contribution in [0, 0.1) is 6.92 Å². The monoisotopic (exact) mass is 345 g/mol. The van der Waals surface area contributed by atoms with Crippen molar-refractivity contribution >= 4 is 29.3 Å². The standard InChI is InChI=1S/C19H20ClNO3/c1-4-24-15-8-5-14(6-9-15)7-10-19(22)21-17-11-13(2)16(20)12-18(17)23-3/h5-12H,4H2,1-3H3,(H,21,22). The predicted molar refractivity (Wildman–Crippen MR) is 98.0 cm³/mol. The fraction of sp³-hybridized carbons (Fsp3) is 0.211. The van der Waals surface area contributed by atoms with Gasteiger partial charge >= 0.3 is 0 Å². The van der Waals surface area contributed by atoms with Crippen LogP contribution in [0.3, 0.4) is 0 Å². The van der Waals surface area contributed by atoms with Crippen molar-refractivity contribution in [1.82, 2.24) is 0 Å². The number of ether oxygens (including phenoxy) is 2. The number of benzene rings is 2. The maximum atomic E-state index is 12.1. The molecule has 0 radical (unpaired) electrons. The van der Waals surface area contributed by atoms with Gasteiger partial charge in [-0.05, 0) is 49.2 Å². The van der Waals surface area contributed by atoms with Crippen LogP contribution in [0.1, 0.15) is 18.1 Å². The van der Waals surface area contributed by atoms with E-state index in [-0.39, 0.29) is 5.91 Å². The van der Waals surface area contributed by atoms with E-state index in [1.807, 2.05) is 38.1 Å². The number of rotatable bonds is 6. The number of carbonyl (C=O) groups excluding carboxylic acids is 1. The van der Waals surface area contributed by atoms with Gasteiger partial charge in [0.1, 0.15) is 11.5 Å². The summed E-state index contributed by atoms with van der Waals surface area (Å²) < 4.78 is 10.6. The van der Waals surface area contributed by atoms with Crippen molar-refractivity contribution in [2.75, 3.05) is 19.0 Å². The van der Waals surface area contributed by atoms with Gasteiger partial charge in [0.25, 0.3) is 0 Å². The summed E-state index contributed by atoms with van der Waals surface area (Å²) >= 11 is 6.06. The maximum Gasteiger partial charge on any atom is 0.248 e. The largest absolute Gasteiger partial charge is 0.495 e. The Kier molecular flexibility index (Phi) is 6.27. The highest BCUT2D eigenvalue weighted by Crippen LogP contribution is 2.30. The van der Waals surface area contributed by atoms with Crippen LogP contribution in [0.4, 0.5) is 5.69 Å². The van der Waals surface area contributed by atoms with Crippen molar-refractivity contribution in [3.05, 3.63) is 58.6 Å². The molecule has 1 amide bonds. The minimum absolute atomic E-state index is 0.246. The molecule has 1 N–H and O–H groups in total. The maximum absolute atomic E-state index is 12.1. The zero-order chi connectivity index (χ0) is 17.5. The molecule has 0 unspecified atom stereocenters. The molecule has 2 aromatic rings. The van der Waals surface area contributed by atoms with Crippen molar-refractivity contribution in [3.63, 3.8) is 0 Å². The number of amides is 1. The average Bonchev–Trinajstić information content (AvgIpc) is 2.57. The summed E-state index contributed by atoms with van der Waals surface area (Å²) in [6.07, 6.45) is 3.21. The van der Waals surface area contributed by atoms with Gasteiger partial charge in [-0.3, -0.25) is 4.79 Å². The van der Waals surface area contributed by atoms with E-state index in [1.54, 1.807) is 18.2 Å². The van der Waals surface area contributed by atoms with Crippen LogP contribution in [0.15, 0.2) is 42.5 Å². The van der Waals surface area contributed by atoms with Gasteiger partial charge in [-0.15, -0.1) is 0 Å². The summed E-state index contributed by atoms with van der Waals surface area (Å²) in [6, 6.07) is 11.0. The van der Waals surface area contributed by atoms with E-state index in [0.717, 1.165) is 16.9 Å². The highest BCUT2D eigenvalue weighted by molar-refractivity contribution is 6.31. The number of anilines is 1. The zero-order valence-electron chi connectivity index (χ0n) is 13.9. The first-order valence-corrected chi connectivity index (χ1v) is 7.97. The van der Waals surface area contributed by atoms with Crippen LogP contribution in [0.25, 0.3) is 6.08 Å². The van der Waals surface area contributed by atoms with Gasteiger partial charge in [-0.1, -0.05) is 23.7 Å². The Morgan fingerprint density at radius 3 is 2.58 bits per heavy atom. The molecule has 2 aromatic carbocycles. The third-order valence-corrected chi connectivity index (χ3v) is 3.76. The molecule has 126 valence electrons. The van der Waals surface area contributed by atoms with Gasteiger partial charge in [0.2, 0.25) is 5.91 Å². The highest BCUT2D eigenvalue weighted by atomic mass is 35.5. The Morgan fingerprint density at radius 1 is 1.25 bits per heavy atom. The first-order chi connectivity index (χ1) is 11.5. The van der Waals surface area contributed by atoms with E-state index in [4.69, 9.17) is 21.1 Å². The first-order valence-electron chi connectivity index (χ1n) is 7.59. The second kappa shape index (κ2) is 8.41. The molecule has 0 bridgehead atoms. The summed E-state index contributed by atoms with van der Waals surface area (Å²) in [7, 11) is 1.53. The minimum atomic E-state index is -0.246. The lowest BCUT2D eigenvalue weighted by Crippen LogP contribution is -2.09. The fourth-order valence-electron chi connectivity index (χ4n) is 2.12. The molecular formula is C19H20ClNO3. The first kappa shape index (κ1) is 17.9. The van der Waals surface area contributed by atoms with E-state index >= 15 is 0 Å². The molecule has 4 nitrogen and oxygen atoms in total. The molecular weight excluding hydrogens is 326 g/mol. The molecule has 5 heteroatoms. The van der Waals surface area contributed by atoms with E-state index in [9.17, 15) is 4.79 Å². The number of hydrogen-bond donors (Lipinski definition) is 1. The lowest BCUT2D eigenvalue weighted by Gasteiger charge is -2.11. The zero-order valence-corrected chi connectivity index (χ0v) is 14.7. The average molecular weight is 346 g/mol. The Morgan fingerprint density at radius 2 is 1.96 bits per heavy atom. The molecule has 0 saturated carbocycles. The fourth-order valence-corrected chi connectivity index (χ4v) is 2.27. The second-order valence-corrected chi connectivity index (χ2v) is 5.53. The lowest BCUT2D eigenvalue weighted by molar-refractivity contribution is -0.111. The lowest BCUT2D eigenvalue weighted by atomic mass is 10.2. The Balaban J connectivity index is 2.06. The molecule has 0 aliphatic rings. The predicted octanol–water partition coefficient (Wildman–Crippen LogP) is 4.71. The molecule has 0 aliphatic heterocycles. The number of carbonyl (C=O) groups is 1. The van der Waals surface area contributed by atoms with E-state index in [1.165, 1.54) is 13.2 Å². The second-order valence-electron chi connectivity index (χ2n) is 5.13. The SMILES string of the molecule is CCOc1ccc(C=CC(=O)Nc2cc(C)c(Cl)cc2OC)cc1. The van der Waals surface area contributed by atoms with Gasteiger partial charge in [-0.25, -0.2) is 0 Å². The van der Waals surface area contributed by atoms with Gasteiger partial charge < -0.3 is 14.8 Å². The summed E-state index contributed by atoms with van der Waals surface area (Å²) in [6.45, 7) is 4.43. The van der Waals surface area contributed by atoms with Crippen molar-refractivity contribution in [1.29, 1.82) is 0 Å². The topological polar surface area (TPSA) is 47.6 Å². The van der Waals surface area contributed by atoms with Gasteiger partial charge in [-0.2, -0.15) is 0 Å². The molecule has 0 aromatic heterocycles. The number of halogens is 1. The van der Waals surface area contributed by atoms with Crippen molar-refractivity contribution in [2.45, 2.75) is 13.8 Å².